The molecule has 5 heteroatoms. The Morgan fingerprint density at radius 3 is 2.47 bits per heavy atom. The summed E-state index contributed by atoms with van der Waals surface area (Å²) in [5, 5.41) is 11.5. The average molecular weight is 265 g/mol. The van der Waals surface area contributed by atoms with Gasteiger partial charge in [0.15, 0.2) is 0 Å². The molecule has 0 aromatic heterocycles. The van der Waals surface area contributed by atoms with Gasteiger partial charge >= 0.3 is 5.97 Å². The molecule has 1 aromatic rings. The van der Waals surface area contributed by atoms with Crippen LogP contribution < -0.4 is 10.1 Å². The number of carbonyl (C=O) groups excluding carboxylic acids is 1. The highest BCUT2D eigenvalue weighted by Gasteiger charge is 2.20. The van der Waals surface area contributed by atoms with Gasteiger partial charge in [-0.05, 0) is 26.0 Å². The Morgan fingerprint density at radius 2 is 1.89 bits per heavy atom. The van der Waals surface area contributed by atoms with Gasteiger partial charge in [0.25, 0.3) is 0 Å². The third-order valence-electron chi connectivity index (χ3n) is 2.87. The molecule has 0 aliphatic carbocycles. The zero-order valence-corrected chi connectivity index (χ0v) is 11.1. The van der Waals surface area contributed by atoms with Crippen LogP contribution in [0.1, 0.15) is 20.3 Å². The number of nitrogens with one attached hydrogen (secondary N) is 1. The van der Waals surface area contributed by atoms with E-state index in [0.29, 0.717) is 5.75 Å². The van der Waals surface area contributed by atoms with Gasteiger partial charge in [-0.1, -0.05) is 18.2 Å². The summed E-state index contributed by atoms with van der Waals surface area (Å²) in [4.78, 5) is 22.3. The van der Waals surface area contributed by atoms with E-state index in [1.165, 1.54) is 0 Å². The molecule has 104 valence electrons. The Hall–Kier alpha value is -2.04. The van der Waals surface area contributed by atoms with Crippen molar-refractivity contribution in [2.75, 3.05) is 6.61 Å². The van der Waals surface area contributed by atoms with Crippen molar-refractivity contribution in [2.24, 2.45) is 5.92 Å². The minimum atomic E-state index is -0.923. The number of amides is 1. The minimum absolute atomic E-state index is 0.200. The first-order valence-electron chi connectivity index (χ1n) is 6.20. The summed E-state index contributed by atoms with van der Waals surface area (Å²) in [7, 11) is 0. The Morgan fingerprint density at radius 1 is 1.26 bits per heavy atom. The summed E-state index contributed by atoms with van der Waals surface area (Å²) in [6, 6.07) is 8.81. The summed E-state index contributed by atoms with van der Waals surface area (Å²) in [5.74, 6) is -1.04. The molecule has 1 aromatic carbocycles. The number of rotatable bonds is 7. The lowest BCUT2D eigenvalue weighted by Gasteiger charge is -2.17. The maximum Gasteiger partial charge on any atom is 0.308 e. The lowest BCUT2D eigenvalue weighted by atomic mass is 10.0. The van der Waals surface area contributed by atoms with Crippen molar-refractivity contribution >= 4 is 11.9 Å². The van der Waals surface area contributed by atoms with Gasteiger partial charge < -0.3 is 15.2 Å². The van der Waals surface area contributed by atoms with E-state index in [1.54, 1.807) is 13.8 Å². The fourth-order valence-corrected chi connectivity index (χ4v) is 1.44. The Labute approximate surface area is 112 Å². The van der Waals surface area contributed by atoms with Crippen molar-refractivity contribution in [3.8, 4) is 5.75 Å². The SMILES string of the molecule is CC(NC(=O)CCOc1ccccc1)C(C)C(=O)O. The Bertz CT molecular complexity index is 419. The average Bonchev–Trinajstić information content (AvgIpc) is 2.38. The van der Waals surface area contributed by atoms with Crippen LogP contribution in [0.4, 0.5) is 0 Å². The van der Waals surface area contributed by atoms with E-state index in [0.717, 1.165) is 0 Å². The van der Waals surface area contributed by atoms with Crippen LogP contribution in [0, 0.1) is 5.92 Å². The van der Waals surface area contributed by atoms with E-state index in [9.17, 15) is 9.59 Å². The van der Waals surface area contributed by atoms with Gasteiger partial charge in [0, 0.05) is 6.04 Å². The normalized spacial score (nSPS) is 13.4. The monoisotopic (exact) mass is 265 g/mol. The maximum absolute atomic E-state index is 11.6. The van der Waals surface area contributed by atoms with Crippen molar-refractivity contribution in [1.29, 1.82) is 0 Å². The number of ether oxygens (including phenoxy) is 1. The van der Waals surface area contributed by atoms with Gasteiger partial charge in [-0.3, -0.25) is 9.59 Å². The molecule has 1 amide bonds. The molecule has 0 saturated carbocycles. The molecule has 0 radical (unpaired) electrons. The van der Waals surface area contributed by atoms with E-state index in [-0.39, 0.29) is 18.9 Å². The van der Waals surface area contributed by atoms with Crippen LogP contribution in [-0.2, 0) is 9.59 Å². The highest BCUT2D eigenvalue weighted by atomic mass is 16.5. The number of hydrogen-bond donors (Lipinski definition) is 2. The van der Waals surface area contributed by atoms with Gasteiger partial charge in [-0.15, -0.1) is 0 Å². The number of benzene rings is 1. The van der Waals surface area contributed by atoms with E-state index < -0.39 is 17.9 Å². The molecule has 0 saturated heterocycles. The number of carbonyl (C=O) groups is 2. The molecule has 0 heterocycles. The first-order valence-corrected chi connectivity index (χ1v) is 6.20. The quantitative estimate of drug-likeness (QED) is 0.786. The van der Waals surface area contributed by atoms with Gasteiger partial charge in [0.05, 0.1) is 18.9 Å². The molecular formula is C14H19NO4. The first-order chi connectivity index (χ1) is 9.00. The molecule has 0 spiro atoms. The standard InChI is InChI=1S/C14H19NO4/c1-10(14(17)18)11(2)15-13(16)8-9-19-12-6-4-3-5-7-12/h3-7,10-11H,8-9H2,1-2H3,(H,15,16)(H,17,18). The van der Waals surface area contributed by atoms with Crippen molar-refractivity contribution in [3.63, 3.8) is 0 Å². The molecule has 5 nitrogen and oxygen atoms in total. The van der Waals surface area contributed by atoms with Gasteiger partial charge in [0.2, 0.25) is 5.91 Å². The van der Waals surface area contributed by atoms with Crippen LogP contribution in [0.2, 0.25) is 0 Å². The molecular weight excluding hydrogens is 246 g/mol. The second-order valence-corrected chi connectivity index (χ2v) is 4.39. The Kier molecular flexibility index (Phi) is 5.85. The molecule has 0 bridgehead atoms. The molecule has 0 aliphatic rings. The summed E-state index contributed by atoms with van der Waals surface area (Å²) in [6.07, 6.45) is 0.200. The van der Waals surface area contributed by atoms with Crippen molar-refractivity contribution in [2.45, 2.75) is 26.3 Å². The smallest absolute Gasteiger partial charge is 0.308 e. The number of carboxylic acid groups (broad SMARTS) is 1. The van der Waals surface area contributed by atoms with Gasteiger partial charge in [0.1, 0.15) is 5.75 Å². The summed E-state index contributed by atoms with van der Waals surface area (Å²) >= 11 is 0. The van der Waals surface area contributed by atoms with Crippen LogP contribution in [0.3, 0.4) is 0 Å². The number of hydrogen-bond acceptors (Lipinski definition) is 3. The van der Waals surface area contributed by atoms with Crippen molar-refractivity contribution in [3.05, 3.63) is 30.3 Å². The third-order valence-corrected chi connectivity index (χ3v) is 2.87. The molecule has 19 heavy (non-hydrogen) atoms. The van der Waals surface area contributed by atoms with E-state index in [2.05, 4.69) is 5.32 Å². The first kappa shape index (κ1) is 15.0. The van der Waals surface area contributed by atoms with Gasteiger partial charge in [-0.25, -0.2) is 0 Å². The minimum Gasteiger partial charge on any atom is -0.493 e. The Balaban J connectivity index is 2.26. The molecule has 1 rings (SSSR count). The molecule has 0 fully saturated rings. The van der Waals surface area contributed by atoms with Crippen LogP contribution in [-0.4, -0.2) is 29.6 Å². The zero-order valence-electron chi connectivity index (χ0n) is 11.1. The summed E-state index contributed by atoms with van der Waals surface area (Å²) in [6.45, 7) is 3.51. The van der Waals surface area contributed by atoms with E-state index >= 15 is 0 Å². The molecule has 2 unspecified atom stereocenters. The zero-order chi connectivity index (χ0) is 14.3. The number of aliphatic carboxylic acids is 1. The van der Waals surface area contributed by atoms with Crippen molar-refractivity contribution < 1.29 is 19.4 Å². The highest BCUT2D eigenvalue weighted by Crippen LogP contribution is 2.08. The lowest BCUT2D eigenvalue weighted by Crippen LogP contribution is -2.40. The molecule has 2 atom stereocenters. The molecule has 0 aliphatic heterocycles. The fourth-order valence-electron chi connectivity index (χ4n) is 1.44. The van der Waals surface area contributed by atoms with Crippen LogP contribution in [0.25, 0.3) is 0 Å². The number of carboxylic acids is 1. The predicted octanol–water partition coefficient (Wildman–Crippen LogP) is 1.68. The third kappa shape index (κ3) is 5.42. The van der Waals surface area contributed by atoms with Crippen molar-refractivity contribution in [1.82, 2.24) is 5.32 Å². The topological polar surface area (TPSA) is 75.6 Å². The van der Waals surface area contributed by atoms with Crippen LogP contribution >= 0.6 is 0 Å². The van der Waals surface area contributed by atoms with E-state index in [4.69, 9.17) is 9.84 Å². The maximum atomic E-state index is 11.6. The van der Waals surface area contributed by atoms with E-state index in [1.807, 2.05) is 30.3 Å². The second kappa shape index (κ2) is 7.41. The van der Waals surface area contributed by atoms with Gasteiger partial charge in [-0.2, -0.15) is 0 Å². The second-order valence-electron chi connectivity index (χ2n) is 4.39. The fraction of sp³-hybridized carbons (Fsp3) is 0.429. The summed E-state index contributed by atoms with van der Waals surface area (Å²) in [5.41, 5.74) is 0. The van der Waals surface area contributed by atoms with Crippen LogP contribution in [0.5, 0.6) is 5.75 Å². The largest absolute Gasteiger partial charge is 0.493 e. The molecule has 2 N–H and O–H groups in total. The highest BCUT2D eigenvalue weighted by molar-refractivity contribution is 5.78. The summed E-state index contributed by atoms with van der Waals surface area (Å²) < 4.78 is 5.39. The van der Waals surface area contributed by atoms with Crippen LogP contribution in [0.15, 0.2) is 30.3 Å². The lowest BCUT2D eigenvalue weighted by molar-refractivity contribution is -0.142. The number of para-hydroxylation sites is 1. The predicted molar refractivity (Wildman–Crippen MR) is 71.0 cm³/mol.